The Morgan fingerprint density at radius 2 is 1.91 bits per heavy atom. The third kappa shape index (κ3) is 4.67. The van der Waals surface area contributed by atoms with Crippen molar-refractivity contribution >= 4 is 17.5 Å². The maximum absolute atomic E-state index is 12.6. The van der Waals surface area contributed by atoms with Gasteiger partial charge in [0.1, 0.15) is 0 Å². The van der Waals surface area contributed by atoms with Gasteiger partial charge in [-0.05, 0) is 24.6 Å². The van der Waals surface area contributed by atoms with Crippen molar-refractivity contribution in [1.82, 2.24) is 9.97 Å². The average molecular weight is 324 g/mol. The summed E-state index contributed by atoms with van der Waals surface area (Å²) in [5, 5.41) is 5.35. The molecule has 122 valence electrons. The van der Waals surface area contributed by atoms with Crippen LogP contribution in [0.3, 0.4) is 0 Å². The zero-order valence-corrected chi connectivity index (χ0v) is 12.3. The van der Waals surface area contributed by atoms with Gasteiger partial charge in [-0.3, -0.25) is 4.79 Å². The first-order valence-corrected chi connectivity index (χ1v) is 6.94. The molecule has 8 heteroatoms. The number of benzene rings is 1. The molecule has 2 aromatic rings. The van der Waals surface area contributed by atoms with E-state index in [0.717, 1.165) is 18.6 Å². The van der Waals surface area contributed by atoms with E-state index in [9.17, 15) is 18.0 Å². The maximum atomic E-state index is 12.6. The molecule has 23 heavy (non-hydrogen) atoms. The van der Waals surface area contributed by atoms with Crippen LogP contribution in [0, 0.1) is 0 Å². The van der Waals surface area contributed by atoms with Gasteiger partial charge in [0.05, 0.1) is 11.1 Å². The summed E-state index contributed by atoms with van der Waals surface area (Å²) < 4.78 is 37.9. The van der Waals surface area contributed by atoms with Gasteiger partial charge in [0.2, 0.25) is 5.95 Å². The molecule has 0 spiro atoms. The van der Waals surface area contributed by atoms with E-state index in [1.165, 1.54) is 24.5 Å². The van der Waals surface area contributed by atoms with Crippen LogP contribution < -0.4 is 10.6 Å². The van der Waals surface area contributed by atoms with Gasteiger partial charge < -0.3 is 10.6 Å². The van der Waals surface area contributed by atoms with Crippen LogP contribution >= 0.6 is 0 Å². The molecule has 0 saturated carbocycles. The lowest BCUT2D eigenvalue weighted by Crippen LogP contribution is -2.14. The lowest BCUT2D eigenvalue weighted by atomic mass is 10.2. The number of anilines is 2. The Bertz CT molecular complexity index is 671. The molecule has 5 nitrogen and oxygen atoms in total. The fraction of sp³-hybridized carbons (Fsp3) is 0.267. The van der Waals surface area contributed by atoms with Crippen LogP contribution in [0.1, 0.15) is 29.3 Å². The van der Waals surface area contributed by atoms with Crippen molar-refractivity contribution in [3.63, 3.8) is 0 Å². The first kappa shape index (κ1) is 16.7. The Morgan fingerprint density at radius 1 is 1.22 bits per heavy atom. The Labute approximate surface area is 131 Å². The summed E-state index contributed by atoms with van der Waals surface area (Å²) in [5.41, 5.74) is -0.617. The Balaban J connectivity index is 2.07. The van der Waals surface area contributed by atoms with Crippen molar-refractivity contribution < 1.29 is 18.0 Å². The van der Waals surface area contributed by atoms with Crippen molar-refractivity contribution in [3.8, 4) is 0 Å². The van der Waals surface area contributed by atoms with Gasteiger partial charge in [0.15, 0.2) is 0 Å². The van der Waals surface area contributed by atoms with Crippen LogP contribution in [-0.2, 0) is 6.18 Å². The molecule has 0 bridgehead atoms. The molecule has 0 aliphatic carbocycles. The van der Waals surface area contributed by atoms with Crippen molar-refractivity contribution in [1.29, 1.82) is 0 Å². The van der Waals surface area contributed by atoms with Crippen LogP contribution in [0.2, 0.25) is 0 Å². The summed E-state index contributed by atoms with van der Waals surface area (Å²) in [4.78, 5) is 20.0. The number of aromatic nitrogens is 2. The quantitative estimate of drug-likeness (QED) is 0.882. The first-order chi connectivity index (χ1) is 10.9. The third-order valence-corrected chi connectivity index (χ3v) is 2.89. The lowest BCUT2D eigenvalue weighted by molar-refractivity contribution is -0.137. The minimum Gasteiger partial charge on any atom is -0.354 e. The van der Waals surface area contributed by atoms with E-state index in [2.05, 4.69) is 20.6 Å². The number of nitrogens with zero attached hydrogens (tertiary/aromatic N) is 2. The van der Waals surface area contributed by atoms with Crippen molar-refractivity contribution in [2.24, 2.45) is 0 Å². The Morgan fingerprint density at radius 3 is 2.52 bits per heavy atom. The second-order valence-electron chi connectivity index (χ2n) is 4.75. The number of hydrogen-bond acceptors (Lipinski definition) is 4. The van der Waals surface area contributed by atoms with Crippen LogP contribution in [0.25, 0.3) is 0 Å². The maximum Gasteiger partial charge on any atom is 0.416 e. The van der Waals surface area contributed by atoms with Crippen LogP contribution in [0.5, 0.6) is 0 Å². The molecule has 1 aromatic carbocycles. The molecule has 2 rings (SSSR count). The number of alkyl halides is 3. The summed E-state index contributed by atoms with van der Waals surface area (Å²) in [5.74, 6) is -0.186. The van der Waals surface area contributed by atoms with E-state index in [1.54, 1.807) is 0 Å². The highest BCUT2D eigenvalue weighted by Gasteiger charge is 2.30. The molecule has 1 heterocycles. The molecule has 0 fully saturated rings. The van der Waals surface area contributed by atoms with Crippen molar-refractivity contribution in [3.05, 3.63) is 47.8 Å². The summed E-state index contributed by atoms with van der Waals surface area (Å²) in [6.07, 6.45) is -0.931. The summed E-state index contributed by atoms with van der Waals surface area (Å²) in [6.45, 7) is 2.69. The molecule has 0 saturated heterocycles. The minimum absolute atomic E-state index is 0.0537. The van der Waals surface area contributed by atoms with Crippen LogP contribution in [0.15, 0.2) is 36.7 Å². The number of halogens is 3. The molecule has 0 unspecified atom stereocenters. The van der Waals surface area contributed by atoms with Gasteiger partial charge in [-0.25, -0.2) is 9.97 Å². The summed E-state index contributed by atoms with van der Waals surface area (Å²) in [6, 6.07) is 4.42. The van der Waals surface area contributed by atoms with Crippen LogP contribution in [0.4, 0.5) is 24.8 Å². The predicted molar refractivity (Wildman–Crippen MR) is 80.2 cm³/mol. The van der Waals surface area contributed by atoms with Crippen molar-refractivity contribution in [2.75, 3.05) is 17.2 Å². The van der Waals surface area contributed by atoms with E-state index >= 15 is 0 Å². The van der Waals surface area contributed by atoms with E-state index in [1.807, 2.05) is 6.92 Å². The van der Waals surface area contributed by atoms with Gasteiger partial charge in [-0.15, -0.1) is 0 Å². The SMILES string of the molecule is CCCNc1ncc(C(=O)Nc2cccc(C(F)(F)F)c2)cn1. The van der Waals surface area contributed by atoms with Crippen molar-refractivity contribution in [2.45, 2.75) is 19.5 Å². The Kier molecular flexibility index (Phi) is 5.15. The molecule has 1 aromatic heterocycles. The lowest BCUT2D eigenvalue weighted by Gasteiger charge is -2.10. The van der Waals surface area contributed by atoms with E-state index in [-0.39, 0.29) is 11.3 Å². The number of amides is 1. The molecule has 1 amide bonds. The summed E-state index contributed by atoms with van der Waals surface area (Å²) >= 11 is 0. The second kappa shape index (κ2) is 7.08. The van der Waals surface area contributed by atoms with Crippen LogP contribution in [-0.4, -0.2) is 22.4 Å². The van der Waals surface area contributed by atoms with Gasteiger partial charge in [0.25, 0.3) is 5.91 Å². The van der Waals surface area contributed by atoms with Gasteiger partial charge in [-0.1, -0.05) is 13.0 Å². The number of carbonyl (C=O) groups is 1. The second-order valence-corrected chi connectivity index (χ2v) is 4.75. The largest absolute Gasteiger partial charge is 0.416 e. The number of hydrogen-bond donors (Lipinski definition) is 2. The van der Waals surface area contributed by atoms with E-state index in [0.29, 0.717) is 12.5 Å². The average Bonchev–Trinajstić information content (AvgIpc) is 2.53. The zero-order valence-electron chi connectivity index (χ0n) is 12.3. The number of rotatable bonds is 5. The molecule has 0 atom stereocenters. The number of carbonyl (C=O) groups excluding carboxylic acids is 1. The minimum atomic E-state index is -4.46. The molecular formula is C15H15F3N4O. The van der Waals surface area contributed by atoms with Gasteiger partial charge >= 0.3 is 6.18 Å². The molecule has 0 radical (unpaired) electrons. The Hall–Kier alpha value is -2.64. The highest BCUT2D eigenvalue weighted by molar-refractivity contribution is 6.03. The predicted octanol–water partition coefficient (Wildman–Crippen LogP) is 3.57. The highest BCUT2D eigenvalue weighted by Crippen LogP contribution is 2.30. The number of nitrogens with one attached hydrogen (secondary N) is 2. The first-order valence-electron chi connectivity index (χ1n) is 6.94. The molecule has 2 N–H and O–H groups in total. The zero-order chi connectivity index (χ0) is 16.9. The molecule has 0 aliphatic heterocycles. The third-order valence-electron chi connectivity index (χ3n) is 2.89. The fourth-order valence-electron chi connectivity index (χ4n) is 1.75. The highest BCUT2D eigenvalue weighted by atomic mass is 19.4. The van der Waals surface area contributed by atoms with E-state index < -0.39 is 17.6 Å². The normalized spacial score (nSPS) is 11.1. The standard InChI is InChI=1S/C15H15F3N4O/c1-2-6-19-14-20-8-10(9-21-14)13(23)22-12-5-3-4-11(7-12)15(16,17)18/h3-5,7-9H,2,6H2,1H3,(H,22,23)(H,19,20,21). The monoisotopic (exact) mass is 324 g/mol. The fourth-order valence-corrected chi connectivity index (χ4v) is 1.75. The molecule has 0 aliphatic rings. The molecular weight excluding hydrogens is 309 g/mol. The van der Waals surface area contributed by atoms with Gasteiger partial charge in [-0.2, -0.15) is 13.2 Å². The van der Waals surface area contributed by atoms with E-state index in [4.69, 9.17) is 0 Å². The topological polar surface area (TPSA) is 66.9 Å². The van der Waals surface area contributed by atoms with Gasteiger partial charge in [0, 0.05) is 24.6 Å². The smallest absolute Gasteiger partial charge is 0.354 e. The summed E-state index contributed by atoms with van der Waals surface area (Å²) in [7, 11) is 0.